The fourth-order valence-corrected chi connectivity index (χ4v) is 9.61. The van der Waals surface area contributed by atoms with Crippen molar-refractivity contribution in [1.82, 2.24) is 0 Å². The highest BCUT2D eigenvalue weighted by molar-refractivity contribution is 6.39. The Balaban J connectivity index is 1.62. The third-order valence-electron chi connectivity index (χ3n) is 13.4. The molecule has 0 amide bonds. The van der Waals surface area contributed by atoms with E-state index in [2.05, 4.69) is 0 Å². The van der Waals surface area contributed by atoms with E-state index in [0.717, 1.165) is 0 Å². The Kier molecular flexibility index (Phi) is 22.5. The number of aliphatic hydroxyl groups excluding tert-OH is 5. The number of ketones is 2. The summed E-state index contributed by atoms with van der Waals surface area (Å²) >= 11 is 12.3. The van der Waals surface area contributed by atoms with Gasteiger partial charge in [-0.05, 0) is 90.5 Å². The highest BCUT2D eigenvalue weighted by atomic mass is 35.5. The maximum absolute atomic E-state index is 13.9. The van der Waals surface area contributed by atoms with E-state index < -0.39 is 149 Å². The van der Waals surface area contributed by atoms with Gasteiger partial charge in [0.1, 0.15) is 40.8 Å². The number of cyclic esters (lactones) is 1. The van der Waals surface area contributed by atoms with E-state index in [1.165, 1.54) is 33.1 Å². The van der Waals surface area contributed by atoms with Crippen molar-refractivity contribution in [2.45, 2.75) is 181 Å². The first-order valence-electron chi connectivity index (χ1n) is 24.4. The van der Waals surface area contributed by atoms with Crippen LogP contribution in [0.1, 0.15) is 111 Å². The molecule has 4 rings (SSSR count). The minimum Gasteiger partial charge on any atom is -0.505 e. The number of phenols is 2. The molecule has 2 fully saturated rings. The third-order valence-corrected chi connectivity index (χ3v) is 14.2. The van der Waals surface area contributed by atoms with Crippen LogP contribution in [0.2, 0.25) is 10.0 Å². The van der Waals surface area contributed by atoms with Crippen LogP contribution in [0.3, 0.4) is 0 Å². The number of rotatable bonds is 14. The zero-order valence-electron chi connectivity index (χ0n) is 43.5. The van der Waals surface area contributed by atoms with Crippen molar-refractivity contribution in [2.24, 2.45) is 17.8 Å². The van der Waals surface area contributed by atoms with Crippen LogP contribution in [0, 0.1) is 17.8 Å². The maximum Gasteiger partial charge on any atom is 0.337 e. The van der Waals surface area contributed by atoms with Crippen molar-refractivity contribution in [1.29, 1.82) is 0 Å². The summed E-state index contributed by atoms with van der Waals surface area (Å²) in [4.78, 5) is 53.3. The van der Waals surface area contributed by atoms with Crippen molar-refractivity contribution < 1.29 is 88.1 Å². The third kappa shape index (κ3) is 14.7. The molecule has 2 saturated heterocycles. The first-order chi connectivity index (χ1) is 34.1. The van der Waals surface area contributed by atoms with Gasteiger partial charge in [0.15, 0.2) is 42.1 Å². The number of hydrogen-bond donors (Lipinski definition) is 7. The molecule has 0 aromatic heterocycles. The van der Waals surface area contributed by atoms with E-state index in [0.29, 0.717) is 23.1 Å². The largest absolute Gasteiger partial charge is 0.505 e. The molecule has 1 aromatic carbocycles. The van der Waals surface area contributed by atoms with Crippen molar-refractivity contribution >= 4 is 46.7 Å². The number of aromatic hydroxyl groups is 2. The summed E-state index contributed by atoms with van der Waals surface area (Å²) in [7, 11) is 1.23. The number of aliphatic hydroxyl groups is 5. The summed E-state index contributed by atoms with van der Waals surface area (Å²) in [6.45, 7) is 17.6. The van der Waals surface area contributed by atoms with Crippen LogP contribution in [0.25, 0.3) is 0 Å². The Labute approximate surface area is 437 Å². The van der Waals surface area contributed by atoms with E-state index in [9.17, 15) is 54.9 Å². The topological polar surface area (TPSA) is 274 Å². The van der Waals surface area contributed by atoms with Gasteiger partial charge in [0, 0.05) is 25.4 Å². The quantitative estimate of drug-likeness (QED) is 0.0632. The second kappa shape index (κ2) is 26.6. The average molecular weight is 1070 g/mol. The normalized spacial score (nSPS) is 34.5. The van der Waals surface area contributed by atoms with Crippen LogP contribution in [0.4, 0.5) is 0 Å². The lowest BCUT2D eigenvalue weighted by atomic mass is 9.81. The molecule has 3 aliphatic rings. The Morgan fingerprint density at radius 1 is 0.932 bits per heavy atom. The predicted molar refractivity (Wildman–Crippen MR) is 269 cm³/mol. The van der Waals surface area contributed by atoms with Crippen molar-refractivity contribution in [3.05, 3.63) is 79.9 Å². The molecule has 408 valence electrons. The zero-order valence-corrected chi connectivity index (χ0v) is 45.0. The minimum absolute atomic E-state index is 0.0161. The molecule has 0 unspecified atom stereocenters. The first kappa shape index (κ1) is 61.5. The van der Waals surface area contributed by atoms with Crippen LogP contribution in [0.15, 0.2) is 58.7 Å². The molecule has 0 bridgehead atoms. The van der Waals surface area contributed by atoms with E-state index in [1.54, 1.807) is 73.6 Å². The summed E-state index contributed by atoms with van der Waals surface area (Å²) in [5, 5.41) is 77.2. The van der Waals surface area contributed by atoms with Gasteiger partial charge in [-0.25, -0.2) is 4.79 Å². The summed E-state index contributed by atoms with van der Waals surface area (Å²) in [6, 6.07) is 0. The Morgan fingerprint density at radius 2 is 1.59 bits per heavy atom. The van der Waals surface area contributed by atoms with Crippen LogP contribution in [-0.4, -0.2) is 152 Å². The summed E-state index contributed by atoms with van der Waals surface area (Å²) in [5.74, 6) is -6.76. The number of halogens is 2. The summed E-state index contributed by atoms with van der Waals surface area (Å²) in [6.07, 6.45) is -5.93. The molecule has 14 atom stereocenters. The Bertz CT molecular complexity index is 2300. The lowest BCUT2D eigenvalue weighted by molar-refractivity contribution is -0.333. The zero-order chi connectivity index (χ0) is 55.0. The van der Waals surface area contributed by atoms with E-state index in [4.69, 9.17) is 56.4 Å². The molecule has 18 nitrogen and oxygen atoms in total. The van der Waals surface area contributed by atoms with Crippen LogP contribution in [-0.2, 0) is 54.0 Å². The maximum atomic E-state index is 13.9. The highest BCUT2D eigenvalue weighted by Gasteiger charge is 2.53. The standard InChI is InChI=1S/C53H74Cl2O18/c1-13-30-22-26(6)33(57)18-16-15-17-31(23-68-52-47(67-12)42(61)35(29(9)69-52)40(59)41(60)36-32(14-2)37(54)43(62)38(55)39(36)58)50(66)70-34(28(8)56)20-19-25(5)21-27(7)46(30)71-51-45(64)44(63)48(53(10,11)73-51)72-49(65)24(3)4/h15-17,19,21-22,24,29-30,33-35,40,42,44-48,51-52,57-59,61-64H,13-14,18,20,23H2,1-12H3/b16-15-,25-19-,26-22-,27-21-,31-17-/t29-,30-,33+,34+,35+,40-,42+,44+,45-,46+,47-,48+,51-,52+/m1/s1. The fourth-order valence-electron chi connectivity index (χ4n) is 9.05. The molecule has 7 N–H and O–H groups in total. The molecule has 3 aliphatic heterocycles. The molecule has 0 spiro atoms. The number of Topliss-reactive ketones (excluding diaryl/α,β-unsaturated/α-hetero) is 2. The van der Waals surface area contributed by atoms with Crippen LogP contribution >= 0.6 is 23.2 Å². The van der Waals surface area contributed by atoms with E-state index in [1.807, 2.05) is 13.0 Å². The fraction of sp³-hybridized carbons (Fsp3) is 0.623. The van der Waals surface area contributed by atoms with Gasteiger partial charge in [0.25, 0.3) is 0 Å². The van der Waals surface area contributed by atoms with Gasteiger partial charge in [0.2, 0.25) is 0 Å². The van der Waals surface area contributed by atoms with Gasteiger partial charge < -0.3 is 68.9 Å². The van der Waals surface area contributed by atoms with Crippen molar-refractivity contribution in [3.8, 4) is 11.5 Å². The van der Waals surface area contributed by atoms with Crippen LogP contribution in [0.5, 0.6) is 11.5 Å². The van der Waals surface area contributed by atoms with Crippen molar-refractivity contribution in [2.75, 3.05) is 13.7 Å². The summed E-state index contributed by atoms with van der Waals surface area (Å²) < 4.78 is 41.8. The lowest BCUT2D eigenvalue weighted by Crippen LogP contribution is -2.64. The number of methoxy groups -OCH3 is 1. The number of benzene rings is 1. The van der Waals surface area contributed by atoms with Crippen LogP contribution < -0.4 is 0 Å². The van der Waals surface area contributed by atoms with Crippen molar-refractivity contribution in [3.63, 3.8) is 0 Å². The van der Waals surface area contributed by atoms with Gasteiger partial charge in [0.05, 0.1) is 53.1 Å². The molecule has 3 heterocycles. The van der Waals surface area contributed by atoms with E-state index >= 15 is 0 Å². The minimum atomic E-state index is -2.01. The number of esters is 2. The molecule has 20 heteroatoms. The number of carbonyl (C=O) groups excluding carboxylic acids is 4. The second-order valence-corrected chi connectivity index (χ2v) is 20.5. The SMILES string of the molecule is CCc1c(Cl)c(O)c(Cl)c(O)c1C(=O)[C@H](O)[C@H]1[C@H](O)[C@@H](OC)[C@@H](OC/C2=C/C=C\C[C@H](O)/C(C)=C\[C@@H](CC)[C@@H](O[C@@H]3OC(C)(C)[C@@H](OC(=O)C(C)C)[C@@H](O)[C@H]3O)/C(C)=C\C(C)=C/C[C@@H](C(C)=O)OC2=O)O[C@@H]1C. The van der Waals surface area contributed by atoms with Gasteiger partial charge in [-0.15, -0.1) is 0 Å². The lowest BCUT2D eigenvalue weighted by Gasteiger charge is -2.47. The van der Waals surface area contributed by atoms with Gasteiger partial charge in [-0.2, -0.15) is 0 Å². The molecular weight excluding hydrogens is 995 g/mol. The monoisotopic (exact) mass is 1070 g/mol. The second-order valence-electron chi connectivity index (χ2n) is 19.7. The van der Waals surface area contributed by atoms with Gasteiger partial charge in [-0.1, -0.05) is 86.9 Å². The summed E-state index contributed by atoms with van der Waals surface area (Å²) in [5.41, 5.74) is 0.0687. The molecule has 0 saturated carbocycles. The molecule has 0 aliphatic carbocycles. The van der Waals surface area contributed by atoms with Gasteiger partial charge >= 0.3 is 11.9 Å². The number of phenolic OH excluding ortho intramolecular Hbond substituents is 2. The molecular formula is C53H74Cl2O18. The smallest absolute Gasteiger partial charge is 0.337 e. The Morgan fingerprint density at radius 3 is 2.18 bits per heavy atom. The number of hydrogen-bond acceptors (Lipinski definition) is 18. The van der Waals surface area contributed by atoms with E-state index in [-0.39, 0.29) is 35.4 Å². The number of allylic oxidation sites excluding steroid dienone is 4. The molecule has 0 radical (unpaired) electrons. The average Bonchev–Trinajstić information content (AvgIpc) is 3.32. The first-order valence-corrected chi connectivity index (χ1v) is 25.2. The molecule has 1 aromatic rings. The molecule has 73 heavy (non-hydrogen) atoms. The van der Waals surface area contributed by atoms with Gasteiger partial charge in [-0.3, -0.25) is 14.4 Å². The predicted octanol–water partition coefficient (Wildman–Crippen LogP) is 6.08. The number of ether oxygens (including phenoxy) is 7. The highest BCUT2D eigenvalue weighted by Crippen LogP contribution is 2.46. The Hall–Kier alpha value is -4.02. The number of carbonyl (C=O) groups is 4.